The summed E-state index contributed by atoms with van der Waals surface area (Å²) in [5, 5.41) is 6.06. The van der Waals surface area contributed by atoms with Gasteiger partial charge in [0.1, 0.15) is 5.75 Å². The van der Waals surface area contributed by atoms with E-state index in [1.54, 1.807) is 7.11 Å². The van der Waals surface area contributed by atoms with Gasteiger partial charge in [0.05, 0.1) is 12.5 Å². The summed E-state index contributed by atoms with van der Waals surface area (Å²) in [5.41, 5.74) is 1.94. The van der Waals surface area contributed by atoms with E-state index in [-0.39, 0.29) is 17.7 Å². The smallest absolute Gasteiger partial charge is 0.235 e. The molecule has 2 aromatic rings. The van der Waals surface area contributed by atoms with E-state index in [1.807, 2.05) is 48.5 Å². The molecular formula is C24H28N2O3. The lowest BCUT2D eigenvalue weighted by molar-refractivity contribution is -0.122. The summed E-state index contributed by atoms with van der Waals surface area (Å²) >= 11 is 0. The third-order valence-electron chi connectivity index (χ3n) is 6.12. The van der Waals surface area contributed by atoms with Gasteiger partial charge in [-0.25, -0.2) is 0 Å². The van der Waals surface area contributed by atoms with Crippen LogP contribution in [0.25, 0.3) is 0 Å². The minimum absolute atomic E-state index is 0.0213. The number of hydrogen-bond donors (Lipinski definition) is 2. The second-order valence-corrected chi connectivity index (χ2v) is 8.17. The molecule has 0 atom stereocenters. The first-order valence-corrected chi connectivity index (χ1v) is 10.5. The highest BCUT2D eigenvalue weighted by atomic mass is 16.5. The number of hydrogen-bond acceptors (Lipinski definition) is 3. The van der Waals surface area contributed by atoms with Gasteiger partial charge in [-0.1, -0.05) is 37.5 Å². The number of amides is 2. The normalized spacial score (nSPS) is 18.0. The fraction of sp³-hybridized carbons (Fsp3) is 0.417. The molecule has 2 fully saturated rings. The van der Waals surface area contributed by atoms with Crippen LogP contribution in [-0.2, 0) is 15.0 Å². The Labute approximate surface area is 171 Å². The Morgan fingerprint density at radius 1 is 0.931 bits per heavy atom. The molecule has 2 aliphatic rings. The molecule has 29 heavy (non-hydrogen) atoms. The molecule has 2 amide bonds. The quantitative estimate of drug-likeness (QED) is 0.736. The Morgan fingerprint density at radius 3 is 2.21 bits per heavy atom. The Bertz CT molecular complexity index is 881. The maximum absolute atomic E-state index is 13.5. The molecule has 2 aliphatic carbocycles. The maximum atomic E-state index is 13.5. The molecule has 5 heteroatoms. The standard InChI is InChI=1S/C24H28N2O3/c1-29-21-12-10-18(11-13-21)24(14-3-2-4-15-24)23(28)26-20-7-5-6-19(16-20)25-22(27)17-8-9-17/h5-7,10-13,16-17H,2-4,8-9,14-15H2,1H3,(H,25,27)(H,26,28). The molecular weight excluding hydrogens is 364 g/mol. The third kappa shape index (κ3) is 4.29. The topological polar surface area (TPSA) is 67.4 Å². The van der Waals surface area contributed by atoms with Crippen molar-refractivity contribution in [2.24, 2.45) is 5.92 Å². The van der Waals surface area contributed by atoms with Gasteiger partial charge in [-0.15, -0.1) is 0 Å². The van der Waals surface area contributed by atoms with Gasteiger partial charge in [0.15, 0.2) is 0 Å². The van der Waals surface area contributed by atoms with Gasteiger partial charge in [-0.3, -0.25) is 9.59 Å². The number of carbonyl (C=O) groups excluding carboxylic acids is 2. The lowest BCUT2D eigenvalue weighted by Gasteiger charge is -2.36. The van der Waals surface area contributed by atoms with Crippen molar-refractivity contribution in [3.05, 3.63) is 54.1 Å². The molecule has 4 rings (SSSR count). The van der Waals surface area contributed by atoms with Crippen LogP contribution in [0.1, 0.15) is 50.5 Å². The van der Waals surface area contributed by atoms with Crippen LogP contribution in [0.3, 0.4) is 0 Å². The number of carbonyl (C=O) groups is 2. The van der Waals surface area contributed by atoms with Gasteiger partial charge in [-0.05, 0) is 61.6 Å². The molecule has 5 nitrogen and oxygen atoms in total. The van der Waals surface area contributed by atoms with Crippen molar-refractivity contribution in [1.29, 1.82) is 0 Å². The fourth-order valence-electron chi connectivity index (χ4n) is 4.23. The minimum atomic E-state index is -0.530. The summed E-state index contributed by atoms with van der Waals surface area (Å²) in [6.07, 6.45) is 6.84. The largest absolute Gasteiger partial charge is 0.497 e. The number of ether oxygens (including phenoxy) is 1. The van der Waals surface area contributed by atoms with Gasteiger partial charge in [0, 0.05) is 17.3 Å². The molecule has 0 saturated heterocycles. The van der Waals surface area contributed by atoms with Crippen LogP contribution in [-0.4, -0.2) is 18.9 Å². The van der Waals surface area contributed by atoms with Gasteiger partial charge in [0.2, 0.25) is 11.8 Å². The molecule has 2 aromatic carbocycles. The average Bonchev–Trinajstić information content (AvgIpc) is 3.60. The Kier molecular flexibility index (Phi) is 5.56. The van der Waals surface area contributed by atoms with E-state index in [0.717, 1.165) is 61.9 Å². The minimum Gasteiger partial charge on any atom is -0.497 e. The summed E-state index contributed by atoms with van der Waals surface area (Å²) < 4.78 is 5.28. The predicted octanol–water partition coefficient (Wildman–Crippen LogP) is 4.88. The second-order valence-electron chi connectivity index (χ2n) is 8.17. The van der Waals surface area contributed by atoms with Gasteiger partial charge in [-0.2, -0.15) is 0 Å². The Hall–Kier alpha value is -2.82. The molecule has 0 radical (unpaired) electrons. The molecule has 152 valence electrons. The SMILES string of the molecule is COc1ccc(C2(C(=O)Nc3cccc(NC(=O)C4CC4)c3)CCCCC2)cc1. The first-order valence-electron chi connectivity index (χ1n) is 10.5. The van der Waals surface area contributed by atoms with Crippen molar-refractivity contribution >= 4 is 23.2 Å². The lowest BCUT2D eigenvalue weighted by Crippen LogP contribution is -2.42. The molecule has 0 unspecified atom stereocenters. The second kappa shape index (κ2) is 8.27. The highest BCUT2D eigenvalue weighted by Crippen LogP contribution is 2.41. The summed E-state index contributed by atoms with van der Waals surface area (Å²) in [7, 11) is 1.65. The molecule has 0 spiro atoms. The number of rotatable bonds is 6. The Balaban J connectivity index is 1.54. The van der Waals surface area contributed by atoms with Gasteiger partial charge < -0.3 is 15.4 Å². The van der Waals surface area contributed by atoms with Crippen molar-refractivity contribution in [3.8, 4) is 5.75 Å². The number of anilines is 2. The lowest BCUT2D eigenvalue weighted by atomic mass is 9.68. The summed E-state index contributed by atoms with van der Waals surface area (Å²) in [4.78, 5) is 25.5. The number of benzene rings is 2. The van der Waals surface area contributed by atoms with E-state index in [0.29, 0.717) is 5.69 Å². The van der Waals surface area contributed by atoms with Crippen molar-refractivity contribution in [2.75, 3.05) is 17.7 Å². The van der Waals surface area contributed by atoms with E-state index in [4.69, 9.17) is 4.74 Å². The third-order valence-corrected chi connectivity index (χ3v) is 6.12. The molecule has 0 heterocycles. The van der Waals surface area contributed by atoms with Crippen LogP contribution in [0, 0.1) is 5.92 Å². The van der Waals surface area contributed by atoms with Crippen molar-refractivity contribution < 1.29 is 14.3 Å². The molecule has 2 saturated carbocycles. The summed E-state index contributed by atoms with van der Waals surface area (Å²) in [6, 6.07) is 15.3. The maximum Gasteiger partial charge on any atom is 0.235 e. The molecule has 0 aliphatic heterocycles. The van der Waals surface area contributed by atoms with E-state index in [9.17, 15) is 9.59 Å². The predicted molar refractivity (Wildman–Crippen MR) is 114 cm³/mol. The van der Waals surface area contributed by atoms with Crippen LogP contribution in [0.2, 0.25) is 0 Å². The first kappa shape index (κ1) is 19.5. The molecule has 2 N–H and O–H groups in total. The molecule has 0 bridgehead atoms. The zero-order chi connectivity index (χ0) is 20.3. The van der Waals surface area contributed by atoms with Crippen molar-refractivity contribution in [2.45, 2.75) is 50.4 Å². The van der Waals surface area contributed by atoms with Crippen LogP contribution >= 0.6 is 0 Å². The zero-order valence-corrected chi connectivity index (χ0v) is 16.9. The Morgan fingerprint density at radius 2 is 1.59 bits per heavy atom. The highest BCUT2D eigenvalue weighted by molar-refractivity contribution is 6.00. The first-order chi connectivity index (χ1) is 14.1. The van der Waals surface area contributed by atoms with Crippen LogP contribution < -0.4 is 15.4 Å². The highest BCUT2D eigenvalue weighted by Gasteiger charge is 2.41. The van der Waals surface area contributed by atoms with Crippen LogP contribution in [0.4, 0.5) is 11.4 Å². The molecule has 0 aromatic heterocycles. The van der Waals surface area contributed by atoms with Crippen LogP contribution in [0.5, 0.6) is 5.75 Å². The van der Waals surface area contributed by atoms with Gasteiger partial charge in [0.25, 0.3) is 0 Å². The van der Waals surface area contributed by atoms with Crippen LogP contribution in [0.15, 0.2) is 48.5 Å². The average molecular weight is 392 g/mol. The van der Waals surface area contributed by atoms with Crippen molar-refractivity contribution in [1.82, 2.24) is 0 Å². The van der Waals surface area contributed by atoms with E-state index < -0.39 is 5.41 Å². The number of methoxy groups -OCH3 is 1. The van der Waals surface area contributed by atoms with E-state index in [2.05, 4.69) is 10.6 Å². The fourth-order valence-corrected chi connectivity index (χ4v) is 4.23. The van der Waals surface area contributed by atoms with E-state index in [1.165, 1.54) is 0 Å². The van der Waals surface area contributed by atoms with E-state index >= 15 is 0 Å². The summed E-state index contributed by atoms with van der Waals surface area (Å²) in [6.45, 7) is 0. The monoisotopic (exact) mass is 392 g/mol. The van der Waals surface area contributed by atoms with Crippen molar-refractivity contribution in [3.63, 3.8) is 0 Å². The van der Waals surface area contributed by atoms with Gasteiger partial charge >= 0.3 is 0 Å². The summed E-state index contributed by atoms with van der Waals surface area (Å²) in [5.74, 6) is 1.02. The number of nitrogens with one attached hydrogen (secondary N) is 2. The zero-order valence-electron chi connectivity index (χ0n) is 16.9.